The molecule has 0 unspecified atom stereocenters. The van der Waals surface area contributed by atoms with E-state index in [2.05, 4.69) is 148 Å². The molecule has 64 heavy (non-hydrogen) atoms. The summed E-state index contributed by atoms with van der Waals surface area (Å²) in [7, 11) is 0. The molecule has 0 amide bonds. The molecule has 0 saturated carbocycles. The van der Waals surface area contributed by atoms with Crippen molar-refractivity contribution in [3.05, 3.63) is 217 Å². The van der Waals surface area contributed by atoms with Crippen LogP contribution in [0.2, 0.25) is 0 Å². The Morgan fingerprint density at radius 3 is 1.66 bits per heavy atom. The molecule has 6 heteroatoms. The number of aromatic hydroxyl groups is 1. The number of fused-ring (bicyclic) bond motifs is 6. The maximum absolute atomic E-state index is 11.7. The summed E-state index contributed by atoms with van der Waals surface area (Å²) in [5.41, 5.74) is 12.6. The van der Waals surface area contributed by atoms with Crippen molar-refractivity contribution in [1.29, 1.82) is 0 Å². The molecule has 6 nitrogen and oxygen atoms in total. The van der Waals surface area contributed by atoms with E-state index < -0.39 is 0 Å². The summed E-state index contributed by atoms with van der Waals surface area (Å²) in [5, 5.41) is 16.4. The number of hydrogen-bond donors (Lipinski definition) is 1. The van der Waals surface area contributed by atoms with E-state index in [4.69, 9.17) is 15.0 Å². The van der Waals surface area contributed by atoms with Gasteiger partial charge in [0.15, 0.2) is 17.5 Å². The van der Waals surface area contributed by atoms with E-state index in [1.165, 1.54) is 27.2 Å². The van der Waals surface area contributed by atoms with Crippen LogP contribution >= 0.6 is 0 Å². The SMILES string of the molecule is Oc1cccc(-c2nc(-c3ccccc3)nc(-c3ccccc3)n2)c1C1=CC(c2ccc3c(c2)c2ccccc2n3-c2ccc3c(c2)c2ccccc2n3-c2ccccc2)=CCC#C1. The Kier molecular flexibility index (Phi) is 8.84. The van der Waals surface area contributed by atoms with Crippen molar-refractivity contribution in [2.75, 3.05) is 0 Å². The van der Waals surface area contributed by atoms with Crippen LogP contribution in [0, 0.1) is 11.8 Å². The lowest BCUT2D eigenvalue weighted by molar-refractivity contribution is 0.474. The summed E-state index contributed by atoms with van der Waals surface area (Å²) < 4.78 is 4.73. The highest BCUT2D eigenvalue weighted by Crippen LogP contribution is 2.40. The molecule has 11 aromatic rings. The Morgan fingerprint density at radius 1 is 0.438 bits per heavy atom. The average Bonchev–Trinajstić information content (AvgIpc) is 3.74. The van der Waals surface area contributed by atoms with E-state index in [9.17, 15) is 5.11 Å². The largest absolute Gasteiger partial charge is 0.507 e. The Hall–Kier alpha value is -8.79. The van der Waals surface area contributed by atoms with Crippen LogP contribution in [-0.4, -0.2) is 29.2 Å². The molecule has 3 aromatic heterocycles. The third-order valence-electron chi connectivity index (χ3n) is 12.1. The van der Waals surface area contributed by atoms with Crippen LogP contribution in [-0.2, 0) is 0 Å². The van der Waals surface area contributed by atoms with Crippen LogP contribution in [0.3, 0.4) is 0 Å². The maximum atomic E-state index is 11.7. The molecule has 1 aliphatic rings. The molecule has 0 aliphatic heterocycles. The highest BCUT2D eigenvalue weighted by Gasteiger charge is 2.21. The number of benzene rings is 8. The van der Waals surface area contributed by atoms with Gasteiger partial charge in [-0.05, 0) is 77.9 Å². The summed E-state index contributed by atoms with van der Waals surface area (Å²) in [4.78, 5) is 14.9. The van der Waals surface area contributed by atoms with Crippen molar-refractivity contribution in [2.45, 2.75) is 6.42 Å². The van der Waals surface area contributed by atoms with Gasteiger partial charge in [0.2, 0.25) is 0 Å². The first kappa shape index (κ1) is 37.0. The molecule has 0 bridgehead atoms. The number of rotatable bonds is 7. The molecule has 1 aliphatic carbocycles. The van der Waals surface area contributed by atoms with E-state index in [0.717, 1.165) is 50.1 Å². The van der Waals surface area contributed by atoms with Gasteiger partial charge in [-0.1, -0.05) is 151 Å². The average molecular weight is 820 g/mol. The lowest BCUT2D eigenvalue weighted by Crippen LogP contribution is -2.02. The van der Waals surface area contributed by atoms with Gasteiger partial charge in [0.1, 0.15) is 5.75 Å². The predicted octanol–water partition coefficient (Wildman–Crippen LogP) is 13.6. The molecule has 0 spiro atoms. The zero-order valence-electron chi connectivity index (χ0n) is 34.5. The number of hydrogen-bond acceptors (Lipinski definition) is 4. The predicted molar refractivity (Wildman–Crippen MR) is 261 cm³/mol. The Bertz CT molecular complexity index is 3700. The van der Waals surface area contributed by atoms with E-state index in [1.54, 1.807) is 6.07 Å². The molecule has 300 valence electrons. The number of aromatic nitrogens is 5. The van der Waals surface area contributed by atoms with Crippen LogP contribution in [0.5, 0.6) is 5.75 Å². The molecule has 1 N–H and O–H groups in total. The van der Waals surface area contributed by atoms with Gasteiger partial charge >= 0.3 is 0 Å². The first-order valence-electron chi connectivity index (χ1n) is 21.4. The zero-order chi connectivity index (χ0) is 42.6. The third kappa shape index (κ3) is 6.26. The van der Waals surface area contributed by atoms with Crippen LogP contribution < -0.4 is 0 Å². The van der Waals surface area contributed by atoms with Crippen molar-refractivity contribution in [3.63, 3.8) is 0 Å². The summed E-state index contributed by atoms with van der Waals surface area (Å²) >= 11 is 0. The summed E-state index contributed by atoms with van der Waals surface area (Å²) in [5.74, 6) is 8.39. The number of para-hydroxylation sites is 3. The Labute approximate surface area is 369 Å². The number of phenols is 1. The minimum atomic E-state index is 0.101. The second-order valence-electron chi connectivity index (χ2n) is 15.9. The lowest BCUT2D eigenvalue weighted by Gasteiger charge is -2.14. The maximum Gasteiger partial charge on any atom is 0.164 e. The second-order valence-corrected chi connectivity index (χ2v) is 15.9. The van der Waals surface area contributed by atoms with Crippen LogP contribution in [0.1, 0.15) is 17.5 Å². The van der Waals surface area contributed by atoms with E-state index in [-0.39, 0.29) is 5.75 Å². The van der Waals surface area contributed by atoms with E-state index in [1.807, 2.05) is 72.8 Å². The minimum absolute atomic E-state index is 0.101. The van der Waals surface area contributed by atoms with Gasteiger partial charge < -0.3 is 14.2 Å². The van der Waals surface area contributed by atoms with Gasteiger partial charge in [-0.2, -0.15) is 0 Å². The van der Waals surface area contributed by atoms with Gasteiger partial charge in [0.25, 0.3) is 0 Å². The van der Waals surface area contributed by atoms with Crippen molar-refractivity contribution in [3.8, 4) is 63.1 Å². The quantitative estimate of drug-likeness (QED) is 0.163. The van der Waals surface area contributed by atoms with Crippen molar-refractivity contribution in [2.24, 2.45) is 0 Å². The fraction of sp³-hybridized carbons (Fsp3) is 0.0172. The van der Waals surface area contributed by atoms with Crippen LogP contribution in [0.25, 0.3) is 100 Å². The molecular formula is C58H37N5O. The van der Waals surface area contributed by atoms with E-state index in [0.29, 0.717) is 40.6 Å². The molecule has 0 radical (unpaired) electrons. The molecule has 12 rings (SSSR count). The minimum Gasteiger partial charge on any atom is -0.507 e. The van der Waals surface area contributed by atoms with Gasteiger partial charge in [-0.3, -0.25) is 0 Å². The molecule has 0 fully saturated rings. The number of allylic oxidation sites excluding steroid dienone is 4. The molecule has 8 aromatic carbocycles. The molecule has 3 heterocycles. The van der Waals surface area contributed by atoms with E-state index >= 15 is 0 Å². The smallest absolute Gasteiger partial charge is 0.164 e. The van der Waals surface area contributed by atoms with Crippen LogP contribution in [0.15, 0.2) is 206 Å². The fourth-order valence-electron chi connectivity index (χ4n) is 9.22. The van der Waals surface area contributed by atoms with Gasteiger partial charge in [-0.25, -0.2) is 15.0 Å². The topological polar surface area (TPSA) is 68.8 Å². The summed E-state index contributed by atoms with van der Waals surface area (Å²) in [6.45, 7) is 0. The Balaban J connectivity index is 0.980. The highest BCUT2D eigenvalue weighted by atomic mass is 16.3. The first-order valence-corrected chi connectivity index (χ1v) is 21.4. The monoisotopic (exact) mass is 819 g/mol. The first-order chi connectivity index (χ1) is 31.7. The molecular weight excluding hydrogens is 783 g/mol. The standard InChI is InChI=1S/C58H37N5O/c64-54-30-16-27-47(58-60-56(38-17-4-1-5-18-38)59-57(61-58)39-19-6-2-7-20-39)55(54)42-22-11-10-21-40(35-42)41-31-33-52-48(36-41)45-25-12-15-29-51(45)63(52)44-32-34-53-49(37-44)46-26-13-14-28-50(46)62(53)43-23-8-3-9-24-43/h1-9,12-21,23-37,64H,10H2. The second kappa shape index (κ2) is 15.3. The number of phenolic OH excluding ortho intramolecular Hbond substituents is 1. The zero-order valence-corrected chi connectivity index (χ0v) is 34.5. The van der Waals surface area contributed by atoms with Crippen molar-refractivity contribution in [1.82, 2.24) is 24.1 Å². The fourth-order valence-corrected chi connectivity index (χ4v) is 9.22. The van der Waals surface area contributed by atoms with Gasteiger partial charge in [-0.15, -0.1) is 0 Å². The number of nitrogens with zero attached hydrogens (tertiary/aromatic N) is 5. The normalized spacial score (nSPS) is 12.6. The lowest BCUT2D eigenvalue weighted by atomic mass is 9.94. The highest BCUT2D eigenvalue weighted by molar-refractivity contribution is 6.13. The molecule has 0 saturated heterocycles. The molecule has 0 atom stereocenters. The van der Waals surface area contributed by atoms with Crippen molar-refractivity contribution < 1.29 is 5.11 Å². The van der Waals surface area contributed by atoms with Gasteiger partial charge in [0, 0.05) is 67.2 Å². The summed E-state index contributed by atoms with van der Waals surface area (Å²) in [6, 6.07) is 66.7. The Morgan fingerprint density at radius 2 is 0.984 bits per heavy atom. The van der Waals surface area contributed by atoms with Crippen molar-refractivity contribution >= 4 is 54.8 Å². The third-order valence-corrected chi connectivity index (χ3v) is 12.1. The van der Waals surface area contributed by atoms with Gasteiger partial charge in [0.05, 0.1) is 22.1 Å². The summed E-state index contributed by atoms with van der Waals surface area (Å²) in [6.07, 6.45) is 4.81. The van der Waals surface area contributed by atoms with Crippen LogP contribution in [0.4, 0.5) is 0 Å².